The molecule has 0 aliphatic carbocycles. The van der Waals surface area contributed by atoms with Crippen LogP contribution in [0.25, 0.3) is 0 Å². The lowest BCUT2D eigenvalue weighted by Crippen LogP contribution is -2.42. The zero-order valence-corrected chi connectivity index (χ0v) is 18.1. The molecule has 0 aliphatic heterocycles. The van der Waals surface area contributed by atoms with E-state index in [4.69, 9.17) is 0 Å². The third-order valence-corrected chi connectivity index (χ3v) is 5.61. The van der Waals surface area contributed by atoms with Crippen molar-refractivity contribution in [2.45, 2.75) is 59.5 Å². The normalized spacial score (nSPS) is 10.7. The van der Waals surface area contributed by atoms with Crippen LogP contribution in [0.15, 0.2) is 42.5 Å². The number of nitrogens with zero attached hydrogens (tertiary/aromatic N) is 2. The van der Waals surface area contributed by atoms with Crippen LogP contribution in [0.4, 0.5) is 0 Å². The summed E-state index contributed by atoms with van der Waals surface area (Å²) in [5.74, 6) is 0.0943. The third kappa shape index (κ3) is 7.12. The van der Waals surface area contributed by atoms with Gasteiger partial charge in [-0.3, -0.25) is 9.59 Å². The van der Waals surface area contributed by atoms with Crippen molar-refractivity contribution in [3.8, 4) is 0 Å². The highest BCUT2D eigenvalue weighted by atomic mass is 32.1. The molecule has 152 valence electrons. The fourth-order valence-electron chi connectivity index (χ4n) is 3.11. The van der Waals surface area contributed by atoms with Crippen molar-refractivity contribution in [1.29, 1.82) is 0 Å². The van der Waals surface area contributed by atoms with Crippen molar-refractivity contribution in [3.05, 3.63) is 57.8 Å². The van der Waals surface area contributed by atoms with E-state index in [1.165, 1.54) is 9.75 Å². The van der Waals surface area contributed by atoms with Crippen LogP contribution in [-0.4, -0.2) is 34.7 Å². The van der Waals surface area contributed by atoms with Crippen molar-refractivity contribution in [1.82, 2.24) is 9.80 Å². The smallest absolute Gasteiger partial charge is 0.242 e. The van der Waals surface area contributed by atoms with Crippen LogP contribution in [0.2, 0.25) is 0 Å². The number of aryl methyl sites for hydroxylation is 1. The minimum atomic E-state index is 0.00760. The molecule has 0 aliphatic rings. The zero-order valence-electron chi connectivity index (χ0n) is 17.3. The molecule has 0 spiro atoms. The van der Waals surface area contributed by atoms with E-state index < -0.39 is 0 Å². The Morgan fingerprint density at radius 2 is 1.64 bits per heavy atom. The molecule has 0 fully saturated rings. The van der Waals surface area contributed by atoms with E-state index in [-0.39, 0.29) is 18.4 Å². The Bertz CT molecular complexity index is 742. The number of unbranched alkanes of at least 4 members (excludes halogenated alkanes) is 1. The van der Waals surface area contributed by atoms with Crippen LogP contribution in [0.5, 0.6) is 0 Å². The van der Waals surface area contributed by atoms with E-state index in [0.29, 0.717) is 26.1 Å². The molecular weight excluding hydrogens is 368 g/mol. The Balaban J connectivity index is 2.12. The SMILES string of the molecule is CCCCC(=O)N(CCC)CC(=O)N(Cc1ccccc1)Cc1ccc(C)s1. The van der Waals surface area contributed by atoms with Crippen molar-refractivity contribution < 1.29 is 9.59 Å². The van der Waals surface area contributed by atoms with E-state index in [0.717, 1.165) is 24.8 Å². The van der Waals surface area contributed by atoms with Gasteiger partial charge in [-0.1, -0.05) is 50.6 Å². The Labute approximate surface area is 173 Å². The first-order chi connectivity index (χ1) is 13.5. The van der Waals surface area contributed by atoms with Gasteiger partial charge in [-0.05, 0) is 37.5 Å². The van der Waals surface area contributed by atoms with E-state index in [9.17, 15) is 9.59 Å². The van der Waals surface area contributed by atoms with Crippen LogP contribution >= 0.6 is 11.3 Å². The van der Waals surface area contributed by atoms with Crippen molar-refractivity contribution in [2.24, 2.45) is 0 Å². The van der Waals surface area contributed by atoms with Gasteiger partial charge in [0.15, 0.2) is 0 Å². The Hall–Kier alpha value is -2.14. The predicted octanol–water partition coefficient (Wildman–Crippen LogP) is 5.01. The number of hydrogen-bond donors (Lipinski definition) is 0. The van der Waals surface area contributed by atoms with Crippen LogP contribution in [0.1, 0.15) is 54.8 Å². The molecule has 0 unspecified atom stereocenters. The van der Waals surface area contributed by atoms with Gasteiger partial charge in [0.25, 0.3) is 0 Å². The Morgan fingerprint density at radius 3 is 2.25 bits per heavy atom. The number of benzene rings is 1. The standard InChI is InChI=1S/C23H32N2O2S/c1-4-6-12-22(26)24(15-5-2)18-23(27)25(16-20-10-8-7-9-11-20)17-21-14-13-19(3)28-21/h7-11,13-14H,4-6,12,15-18H2,1-3H3. The molecule has 1 heterocycles. The lowest BCUT2D eigenvalue weighted by atomic mass is 10.2. The number of carbonyl (C=O) groups is 2. The second-order valence-electron chi connectivity index (χ2n) is 7.17. The van der Waals surface area contributed by atoms with E-state index in [2.05, 4.69) is 26.0 Å². The van der Waals surface area contributed by atoms with Crippen LogP contribution < -0.4 is 0 Å². The average Bonchev–Trinajstić information content (AvgIpc) is 3.10. The molecule has 5 heteroatoms. The molecule has 1 aromatic carbocycles. The average molecular weight is 401 g/mol. The van der Waals surface area contributed by atoms with Crippen LogP contribution in [0.3, 0.4) is 0 Å². The maximum absolute atomic E-state index is 13.2. The fraction of sp³-hybridized carbons (Fsp3) is 0.478. The summed E-state index contributed by atoms with van der Waals surface area (Å²) in [4.78, 5) is 31.7. The molecule has 4 nitrogen and oxygen atoms in total. The summed E-state index contributed by atoms with van der Waals surface area (Å²) in [7, 11) is 0. The number of hydrogen-bond acceptors (Lipinski definition) is 3. The summed E-state index contributed by atoms with van der Waals surface area (Å²) in [6.45, 7) is 8.12. The molecule has 0 radical (unpaired) electrons. The zero-order chi connectivity index (χ0) is 20.4. The first-order valence-electron chi connectivity index (χ1n) is 10.2. The molecule has 2 aromatic rings. The maximum Gasteiger partial charge on any atom is 0.242 e. The Morgan fingerprint density at radius 1 is 0.893 bits per heavy atom. The van der Waals surface area contributed by atoms with Crippen LogP contribution in [0, 0.1) is 6.92 Å². The highest BCUT2D eigenvalue weighted by Crippen LogP contribution is 2.19. The first kappa shape index (κ1) is 22.2. The molecule has 2 amide bonds. The summed E-state index contributed by atoms with van der Waals surface area (Å²) in [5, 5.41) is 0. The highest BCUT2D eigenvalue weighted by Gasteiger charge is 2.21. The second-order valence-corrected chi connectivity index (χ2v) is 8.54. The molecule has 28 heavy (non-hydrogen) atoms. The van der Waals surface area contributed by atoms with E-state index in [1.807, 2.05) is 42.2 Å². The number of carbonyl (C=O) groups excluding carboxylic acids is 2. The van der Waals surface area contributed by atoms with Gasteiger partial charge >= 0.3 is 0 Å². The minimum Gasteiger partial charge on any atom is -0.333 e. The highest BCUT2D eigenvalue weighted by molar-refractivity contribution is 7.11. The first-order valence-corrected chi connectivity index (χ1v) is 11.0. The summed E-state index contributed by atoms with van der Waals surface area (Å²) in [6.07, 6.45) is 3.23. The lowest BCUT2D eigenvalue weighted by Gasteiger charge is -2.27. The second kappa shape index (κ2) is 11.6. The van der Waals surface area contributed by atoms with Crippen molar-refractivity contribution in [2.75, 3.05) is 13.1 Å². The van der Waals surface area contributed by atoms with Gasteiger partial charge in [-0.25, -0.2) is 0 Å². The number of rotatable bonds is 11. The van der Waals surface area contributed by atoms with Gasteiger partial charge in [0.05, 0.1) is 13.1 Å². The molecule has 0 bridgehead atoms. The minimum absolute atomic E-state index is 0.00760. The summed E-state index contributed by atoms with van der Waals surface area (Å²) in [5.41, 5.74) is 1.10. The van der Waals surface area contributed by atoms with Gasteiger partial charge in [-0.2, -0.15) is 0 Å². The topological polar surface area (TPSA) is 40.6 Å². The van der Waals surface area contributed by atoms with Gasteiger partial charge < -0.3 is 9.80 Å². The lowest BCUT2D eigenvalue weighted by molar-refractivity contribution is -0.141. The molecule has 0 saturated carbocycles. The molecule has 2 rings (SSSR count). The molecule has 0 saturated heterocycles. The number of thiophene rings is 1. The third-order valence-electron chi connectivity index (χ3n) is 4.63. The fourth-order valence-corrected chi connectivity index (χ4v) is 4.01. The van der Waals surface area contributed by atoms with Crippen molar-refractivity contribution in [3.63, 3.8) is 0 Å². The quantitative estimate of drug-likeness (QED) is 0.532. The molecular formula is C23H32N2O2S. The van der Waals surface area contributed by atoms with Crippen molar-refractivity contribution >= 4 is 23.2 Å². The maximum atomic E-state index is 13.2. The predicted molar refractivity (Wildman–Crippen MR) is 116 cm³/mol. The van der Waals surface area contributed by atoms with Gasteiger partial charge in [0, 0.05) is 29.3 Å². The van der Waals surface area contributed by atoms with E-state index >= 15 is 0 Å². The summed E-state index contributed by atoms with van der Waals surface area (Å²) in [6, 6.07) is 14.2. The van der Waals surface area contributed by atoms with Gasteiger partial charge in [0.2, 0.25) is 11.8 Å². The van der Waals surface area contributed by atoms with Gasteiger partial charge in [-0.15, -0.1) is 11.3 Å². The molecule has 1 aromatic heterocycles. The van der Waals surface area contributed by atoms with Gasteiger partial charge in [0.1, 0.15) is 0 Å². The summed E-state index contributed by atoms with van der Waals surface area (Å²) < 4.78 is 0. The number of amides is 2. The Kier molecular flexibility index (Phi) is 9.21. The largest absolute Gasteiger partial charge is 0.333 e. The monoisotopic (exact) mass is 400 g/mol. The summed E-state index contributed by atoms with van der Waals surface area (Å²) >= 11 is 1.72. The van der Waals surface area contributed by atoms with Crippen LogP contribution in [-0.2, 0) is 22.7 Å². The van der Waals surface area contributed by atoms with E-state index in [1.54, 1.807) is 16.2 Å². The molecule has 0 N–H and O–H groups in total. The molecule has 0 atom stereocenters.